The van der Waals surface area contributed by atoms with Crippen LogP contribution in [0, 0.1) is 0 Å². The number of carbonyl (C=O) groups is 2. The zero-order valence-electron chi connectivity index (χ0n) is 20.1. The van der Waals surface area contributed by atoms with Crippen LogP contribution in [0.25, 0.3) is 5.76 Å². The van der Waals surface area contributed by atoms with Crippen LogP contribution in [0.4, 0.5) is 0 Å². The van der Waals surface area contributed by atoms with E-state index in [9.17, 15) is 14.7 Å². The third-order valence-corrected chi connectivity index (χ3v) is 6.45. The molecular weight excluding hydrogens is 468 g/mol. The minimum absolute atomic E-state index is 0.0159. The number of likely N-dealkylation sites (tertiary alicyclic amines) is 1. The smallest absolute Gasteiger partial charge is 0.295 e. The number of halogens is 1. The number of hydrogen-bond donors (Lipinski definition) is 1. The SMILES string of the molecule is CC(C)Oc1ccc(/C(O)=C2/C(=O)C(=O)N(CCCN3CCOCC3)C2c2ccc(Cl)cc2)cc1. The summed E-state index contributed by atoms with van der Waals surface area (Å²) >= 11 is 6.09. The van der Waals surface area contributed by atoms with Gasteiger partial charge in [0.1, 0.15) is 11.5 Å². The van der Waals surface area contributed by atoms with Gasteiger partial charge >= 0.3 is 0 Å². The molecule has 4 rings (SSSR count). The third-order valence-electron chi connectivity index (χ3n) is 6.20. The second-order valence-electron chi connectivity index (χ2n) is 9.04. The lowest BCUT2D eigenvalue weighted by atomic mass is 9.95. The highest BCUT2D eigenvalue weighted by Crippen LogP contribution is 2.40. The predicted molar refractivity (Wildman–Crippen MR) is 135 cm³/mol. The van der Waals surface area contributed by atoms with Crippen LogP contribution >= 0.6 is 11.6 Å². The third kappa shape index (κ3) is 5.86. The summed E-state index contributed by atoms with van der Waals surface area (Å²) in [5, 5.41) is 11.8. The van der Waals surface area contributed by atoms with Crippen molar-refractivity contribution >= 4 is 29.1 Å². The highest BCUT2D eigenvalue weighted by Gasteiger charge is 2.45. The van der Waals surface area contributed by atoms with Crippen molar-refractivity contribution in [3.8, 4) is 5.75 Å². The number of aliphatic hydroxyl groups excluding tert-OH is 1. The molecule has 1 atom stereocenters. The number of morpholine rings is 1. The van der Waals surface area contributed by atoms with E-state index < -0.39 is 17.7 Å². The maximum Gasteiger partial charge on any atom is 0.295 e. The fourth-order valence-corrected chi connectivity index (χ4v) is 4.64. The van der Waals surface area contributed by atoms with Gasteiger partial charge in [-0.1, -0.05) is 23.7 Å². The molecule has 2 aliphatic heterocycles. The second-order valence-corrected chi connectivity index (χ2v) is 9.48. The first kappa shape index (κ1) is 25.2. The molecule has 0 spiro atoms. The van der Waals surface area contributed by atoms with E-state index >= 15 is 0 Å². The molecule has 1 N–H and O–H groups in total. The Balaban J connectivity index is 1.64. The number of ether oxygens (including phenoxy) is 2. The second kappa shape index (κ2) is 11.2. The van der Waals surface area contributed by atoms with Crippen LogP contribution < -0.4 is 4.74 Å². The first-order valence-corrected chi connectivity index (χ1v) is 12.3. The van der Waals surface area contributed by atoms with E-state index in [2.05, 4.69) is 4.90 Å². The van der Waals surface area contributed by atoms with Crippen LogP contribution in [-0.2, 0) is 14.3 Å². The van der Waals surface area contributed by atoms with Crippen LogP contribution in [0.2, 0.25) is 5.02 Å². The Morgan fingerprint density at radius 2 is 1.71 bits per heavy atom. The van der Waals surface area contributed by atoms with Crippen LogP contribution in [-0.4, -0.2) is 72.1 Å². The van der Waals surface area contributed by atoms with E-state index in [1.165, 1.54) is 0 Å². The fraction of sp³-hybridized carbons (Fsp3) is 0.407. The molecule has 7 nitrogen and oxygen atoms in total. The molecule has 2 saturated heterocycles. The molecule has 1 unspecified atom stereocenters. The number of hydrogen-bond acceptors (Lipinski definition) is 6. The van der Waals surface area contributed by atoms with E-state index in [1.807, 2.05) is 13.8 Å². The van der Waals surface area contributed by atoms with E-state index in [-0.39, 0.29) is 17.4 Å². The van der Waals surface area contributed by atoms with E-state index in [1.54, 1.807) is 53.4 Å². The van der Waals surface area contributed by atoms with E-state index in [4.69, 9.17) is 21.1 Å². The zero-order chi connectivity index (χ0) is 24.9. The number of amides is 1. The molecule has 2 fully saturated rings. The lowest BCUT2D eigenvalue weighted by molar-refractivity contribution is -0.140. The first-order valence-electron chi connectivity index (χ1n) is 12.0. The summed E-state index contributed by atoms with van der Waals surface area (Å²) in [6, 6.07) is 13.2. The van der Waals surface area contributed by atoms with Crippen molar-refractivity contribution in [3.63, 3.8) is 0 Å². The van der Waals surface area contributed by atoms with Crippen molar-refractivity contribution in [2.45, 2.75) is 32.4 Å². The normalized spacial score (nSPS) is 20.6. The van der Waals surface area contributed by atoms with Gasteiger partial charge in [0.15, 0.2) is 0 Å². The number of benzene rings is 2. The van der Waals surface area contributed by atoms with Gasteiger partial charge in [0.05, 0.1) is 30.9 Å². The molecule has 2 aliphatic rings. The summed E-state index contributed by atoms with van der Waals surface area (Å²) in [5.41, 5.74) is 1.26. The first-order chi connectivity index (χ1) is 16.8. The summed E-state index contributed by atoms with van der Waals surface area (Å²) in [5.74, 6) is -0.825. The lowest BCUT2D eigenvalue weighted by Crippen LogP contribution is -2.38. The molecule has 0 bridgehead atoms. The van der Waals surface area contributed by atoms with Crippen LogP contribution in [0.1, 0.15) is 37.4 Å². The molecule has 0 aromatic heterocycles. The maximum absolute atomic E-state index is 13.2. The predicted octanol–water partition coefficient (Wildman–Crippen LogP) is 4.27. The Bertz CT molecular complexity index is 1080. The largest absolute Gasteiger partial charge is 0.507 e. The number of rotatable bonds is 8. The Hall–Kier alpha value is -2.87. The molecule has 0 saturated carbocycles. The molecule has 0 radical (unpaired) electrons. The summed E-state index contributed by atoms with van der Waals surface area (Å²) in [6.07, 6.45) is 0.723. The van der Waals surface area contributed by atoms with Gasteiger partial charge in [-0.2, -0.15) is 0 Å². The summed E-state index contributed by atoms with van der Waals surface area (Å²) in [6.45, 7) is 8.18. The molecule has 0 aliphatic carbocycles. The van der Waals surface area contributed by atoms with E-state index in [0.29, 0.717) is 42.5 Å². The molecule has 1 amide bonds. The summed E-state index contributed by atoms with van der Waals surface area (Å²) < 4.78 is 11.1. The fourth-order valence-electron chi connectivity index (χ4n) is 4.51. The molecule has 186 valence electrons. The van der Waals surface area contributed by atoms with Gasteiger partial charge < -0.3 is 19.5 Å². The summed E-state index contributed by atoms with van der Waals surface area (Å²) in [4.78, 5) is 30.1. The number of carbonyl (C=O) groups excluding carboxylic acids is 2. The molecule has 35 heavy (non-hydrogen) atoms. The Morgan fingerprint density at radius 3 is 2.34 bits per heavy atom. The highest BCUT2D eigenvalue weighted by molar-refractivity contribution is 6.46. The Kier molecular flexibility index (Phi) is 8.11. The van der Waals surface area contributed by atoms with Crippen molar-refractivity contribution in [3.05, 3.63) is 70.3 Å². The Labute approximate surface area is 210 Å². The highest BCUT2D eigenvalue weighted by atomic mass is 35.5. The number of aliphatic hydroxyl groups is 1. The van der Waals surface area contributed by atoms with Crippen molar-refractivity contribution < 1.29 is 24.2 Å². The quantitative estimate of drug-likeness (QED) is 0.332. The van der Waals surface area contributed by atoms with E-state index in [0.717, 1.165) is 25.2 Å². The topological polar surface area (TPSA) is 79.3 Å². The van der Waals surface area contributed by atoms with Crippen LogP contribution in [0.5, 0.6) is 5.75 Å². The van der Waals surface area contributed by atoms with Gasteiger partial charge in [-0.15, -0.1) is 0 Å². The Morgan fingerprint density at radius 1 is 1.06 bits per heavy atom. The molecular formula is C27H31ClN2O5. The van der Waals surface area contributed by atoms with Gasteiger partial charge in [-0.3, -0.25) is 14.5 Å². The van der Waals surface area contributed by atoms with Crippen molar-refractivity contribution in [2.24, 2.45) is 0 Å². The van der Waals surface area contributed by atoms with Gasteiger partial charge in [0.2, 0.25) is 0 Å². The minimum atomic E-state index is -0.691. The number of ketones is 1. The molecule has 8 heteroatoms. The van der Waals surface area contributed by atoms with Gasteiger partial charge in [-0.05, 0) is 62.2 Å². The van der Waals surface area contributed by atoms with Gasteiger partial charge in [0, 0.05) is 36.8 Å². The molecule has 2 aromatic carbocycles. The van der Waals surface area contributed by atoms with Gasteiger partial charge in [0.25, 0.3) is 11.7 Å². The van der Waals surface area contributed by atoms with Crippen molar-refractivity contribution in [1.29, 1.82) is 0 Å². The average molecular weight is 499 g/mol. The lowest BCUT2D eigenvalue weighted by Gasteiger charge is -2.29. The maximum atomic E-state index is 13.2. The molecule has 2 aromatic rings. The number of Topliss-reactive ketones (excluding diaryl/α,β-unsaturated/α-hetero) is 1. The average Bonchev–Trinajstić information content (AvgIpc) is 3.10. The standard InChI is InChI=1S/C27H31ClN2O5/c1-18(2)35-22-10-6-20(7-11-22)25(31)23-24(19-4-8-21(28)9-5-19)30(27(33)26(23)32)13-3-12-29-14-16-34-17-15-29/h4-11,18,24,31H,3,12-17H2,1-2H3/b25-23-. The zero-order valence-corrected chi connectivity index (χ0v) is 20.8. The minimum Gasteiger partial charge on any atom is -0.507 e. The van der Waals surface area contributed by atoms with Gasteiger partial charge in [-0.25, -0.2) is 0 Å². The van der Waals surface area contributed by atoms with Crippen LogP contribution in [0.3, 0.4) is 0 Å². The number of nitrogens with zero attached hydrogens (tertiary/aromatic N) is 2. The van der Waals surface area contributed by atoms with Crippen LogP contribution in [0.15, 0.2) is 54.1 Å². The van der Waals surface area contributed by atoms with Crippen molar-refractivity contribution in [2.75, 3.05) is 39.4 Å². The monoisotopic (exact) mass is 498 g/mol. The van der Waals surface area contributed by atoms with Crippen molar-refractivity contribution in [1.82, 2.24) is 9.80 Å². The summed E-state index contributed by atoms with van der Waals surface area (Å²) in [7, 11) is 0. The molecule has 2 heterocycles.